The Kier molecular flexibility index (Phi) is 6.76. The molecule has 8 nitrogen and oxygen atoms in total. The average Bonchev–Trinajstić information content (AvgIpc) is 2.95. The van der Waals surface area contributed by atoms with Gasteiger partial charge in [-0.2, -0.15) is 0 Å². The van der Waals surface area contributed by atoms with Gasteiger partial charge in [0, 0.05) is 26.2 Å². The molecule has 0 aliphatic carbocycles. The van der Waals surface area contributed by atoms with Gasteiger partial charge in [-0.15, -0.1) is 0 Å². The first-order valence-corrected chi connectivity index (χ1v) is 12.0. The monoisotopic (exact) mass is 437 g/mol. The predicted molar refractivity (Wildman–Crippen MR) is 111 cm³/mol. The lowest BCUT2D eigenvalue weighted by molar-refractivity contribution is -0.127. The zero-order chi connectivity index (χ0) is 21.0. The maximum absolute atomic E-state index is 12.5. The van der Waals surface area contributed by atoms with Crippen LogP contribution < -0.4 is 5.32 Å². The number of nitrogens with zero attached hydrogens (tertiary/aromatic N) is 2. The van der Waals surface area contributed by atoms with Gasteiger partial charge in [0.1, 0.15) is 0 Å². The molecule has 1 aromatic rings. The fourth-order valence-electron chi connectivity index (χ4n) is 3.29. The van der Waals surface area contributed by atoms with Crippen molar-refractivity contribution in [2.45, 2.75) is 12.8 Å². The molecule has 0 bridgehead atoms. The third kappa shape index (κ3) is 5.46. The number of sulfonamides is 1. The molecule has 2 saturated heterocycles. The van der Waals surface area contributed by atoms with E-state index in [-0.39, 0.29) is 36.7 Å². The minimum atomic E-state index is -3.33. The second kappa shape index (κ2) is 9.10. The Morgan fingerprint density at radius 1 is 1.28 bits per heavy atom. The summed E-state index contributed by atoms with van der Waals surface area (Å²) in [6.45, 7) is 0.787. The van der Waals surface area contributed by atoms with Gasteiger partial charge in [-0.25, -0.2) is 12.7 Å². The second-order valence-corrected chi connectivity index (χ2v) is 9.97. The highest BCUT2D eigenvalue weighted by atomic mass is 32.2. The van der Waals surface area contributed by atoms with Crippen LogP contribution in [0.25, 0.3) is 6.08 Å². The Labute approximate surface area is 174 Å². The summed E-state index contributed by atoms with van der Waals surface area (Å²) >= 11 is 0.879. The number of amides is 3. The van der Waals surface area contributed by atoms with Crippen LogP contribution in [-0.4, -0.2) is 67.1 Å². The Bertz CT molecular complexity index is 930. The van der Waals surface area contributed by atoms with E-state index in [2.05, 4.69) is 5.32 Å². The molecule has 2 aliphatic rings. The number of carbonyl (C=O) groups is 3. The topological polar surface area (TPSA) is 104 Å². The van der Waals surface area contributed by atoms with Gasteiger partial charge in [0.05, 0.1) is 17.1 Å². The van der Waals surface area contributed by atoms with Crippen molar-refractivity contribution in [3.05, 3.63) is 40.8 Å². The number of benzene rings is 1. The highest BCUT2D eigenvalue weighted by Crippen LogP contribution is 2.31. The highest BCUT2D eigenvalue weighted by Gasteiger charge is 2.35. The number of thioether (sulfide) groups is 1. The number of nitrogens with one attached hydrogen (secondary N) is 1. The summed E-state index contributed by atoms with van der Waals surface area (Å²) in [6.07, 6.45) is 4.04. The molecule has 2 fully saturated rings. The van der Waals surface area contributed by atoms with E-state index in [4.69, 9.17) is 0 Å². The van der Waals surface area contributed by atoms with Crippen molar-refractivity contribution < 1.29 is 22.8 Å². The minimum absolute atomic E-state index is 0.0745. The lowest BCUT2D eigenvalue weighted by Gasteiger charge is -2.30. The van der Waals surface area contributed by atoms with Crippen LogP contribution in [0, 0.1) is 5.92 Å². The molecule has 3 rings (SSSR count). The zero-order valence-electron chi connectivity index (χ0n) is 16.0. The molecule has 0 spiro atoms. The molecule has 3 amide bonds. The molecule has 29 heavy (non-hydrogen) atoms. The van der Waals surface area contributed by atoms with E-state index in [1.807, 2.05) is 30.3 Å². The summed E-state index contributed by atoms with van der Waals surface area (Å²) in [5.41, 5.74) is 0.832. The molecule has 2 heterocycles. The van der Waals surface area contributed by atoms with Crippen LogP contribution in [0.3, 0.4) is 0 Å². The van der Waals surface area contributed by atoms with E-state index in [9.17, 15) is 22.8 Å². The van der Waals surface area contributed by atoms with Crippen molar-refractivity contribution in [1.82, 2.24) is 14.5 Å². The minimum Gasteiger partial charge on any atom is -0.354 e. The van der Waals surface area contributed by atoms with Crippen molar-refractivity contribution in [2.24, 2.45) is 5.92 Å². The van der Waals surface area contributed by atoms with Gasteiger partial charge in [-0.05, 0) is 36.2 Å². The van der Waals surface area contributed by atoms with E-state index in [0.29, 0.717) is 24.3 Å². The van der Waals surface area contributed by atoms with E-state index >= 15 is 0 Å². The van der Waals surface area contributed by atoms with Crippen molar-refractivity contribution in [3.8, 4) is 0 Å². The molecule has 10 heteroatoms. The number of imide groups is 1. The van der Waals surface area contributed by atoms with Crippen molar-refractivity contribution in [1.29, 1.82) is 0 Å². The third-order valence-electron chi connectivity index (χ3n) is 4.83. The first-order valence-electron chi connectivity index (χ1n) is 9.29. The van der Waals surface area contributed by atoms with E-state index < -0.39 is 15.9 Å². The van der Waals surface area contributed by atoms with Gasteiger partial charge in [-0.1, -0.05) is 30.3 Å². The standard InChI is InChI=1S/C19H23N3O5S2/c1-29(26,27)21-10-5-8-15(13-21)17(23)20-9-11-22-18(24)16(28-19(22)25)12-14-6-3-2-4-7-14/h2-4,6-7,12,15H,5,8-11,13H2,1H3,(H,20,23)/b16-12-. The summed E-state index contributed by atoms with van der Waals surface area (Å²) in [5, 5.41) is 2.35. The molecule has 156 valence electrons. The molecule has 1 N–H and O–H groups in total. The molecule has 0 radical (unpaired) electrons. The van der Waals surface area contributed by atoms with Crippen LogP contribution >= 0.6 is 11.8 Å². The Hall–Kier alpha value is -2.17. The van der Waals surface area contributed by atoms with E-state index in [1.165, 1.54) is 4.31 Å². The highest BCUT2D eigenvalue weighted by molar-refractivity contribution is 8.18. The number of hydrogen-bond donors (Lipinski definition) is 1. The summed E-state index contributed by atoms with van der Waals surface area (Å²) in [5.74, 6) is -1.06. The second-order valence-electron chi connectivity index (χ2n) is 7.00. The molecule has 1 aromatic carbocycles. The maximum Gasteiger partial charge on any atom is 0.293 e. The van der Waals surface area contributed by atoms with Crippen LogP contribution in [0.2, 0.25) is 0 Å². The van der Waals surface area contributed by atoms with Crippen LogP contribution in [0.15, 0.2) is 35.2 Å². The van der Waals surface area contributed by atoms with Gasteiger partial charge < -0.3 is 5.32 Å². The van der Waals surface area contributed by atoms with Gasteiger partial charge in [0.15, 0.2) is 0 Å². The first-order chi connectivity index (χ1) is 13.8. The van der Waals surface area contributed by atoms with Gasteiger partial charge >= 0.3 is 0 Å². The zero-order valence-corrected chi connectivity index (χ0v) is 17.7. The number of rotatable bonds is 6. The lowest BCUT2D eigenvalue weighted by Crippen LogP contribution is -2.46. The van der Waals surface area contributed by atoms with Crippen LogP contribution in [0.4, 0.5) is 4.79 Å². The van der Waals surface area contributed by atoms with E-state index in [1.54, 1.807) is 6.08 Å². The first kappa shape index (κ1) is 21.5. The quantitative estimate of drug-likeness (QED) is 0.677. The van der Waals surface area contributed by atoms with Crippen LogP contribution in [-0.2, 0) is 19.6 Å². The molecular formula is C19H23N3O5S2. The largest absolute Gasteiger partial charge is 0.354 e. The summed E-state index contributed by atoms with van der Waals surface area (Å²) < 4.78 is 24.7. The molecular weight excluding hydrogens is 414 g/mol. The summed E-state index contributed by atoms with van der Waals surface area (Å²) in [4.78, 5) is 38.5. The number of carbonyl (C=O) groups excluding carboxylic acids is 3. The SMILES string of the molecule is CS(=O)(=O)N1CCCC(C(=O)NCCN2C(=O)S/C(=C\c3ccccc3)C2=O)C1. The molecule has 0 aromatic heterocycles. The van der Waals surface area contributed by atoms with Gasteiger partial charge in [0.2, 0.25) is 15.9 Å². The van der Waals surface area contributed by atoms with Crippen molar-refractivity contribution in [3.63, 3.8) is 0 Å². The van der Waals surface area contributed by atoms with Crippen molar-refractivity contribution >= 4 is 44.9 Å². The number of hydrogen-bond acceptors (Lipinski definition) is 6. The van der Waals surface area contributed by atoms with Gasteiger partial charge in [-0.3, -0.25) is 19.3 Å². The normalized spacial score (nSPS) is 22.3. The predicted octanol–water partition coefficient (Wildman–Crippen LogP) is 1.51. The lowest BCUT2D eigenvalue weighted by atomic mass is 9.99. The summed E-state index contributed by atoms with van der Waals surface area (Å²) in [6, 6.07) is 9.26. The van der Waals surface area contributed by atoms with Crippen LogP contribution in [0.1, 0.15) is 18.4 Å². The Morgan fingerprint density at radius 3 is 2.69 bits per heavy atom. The van der Waals surface area contributed by atoms with E-state index in [0.717, 1.165) is 28.5 Å². The van der Waals surface area contributed by atoms with Crippen molar-refractivity contribution in [2.75, 3.05) is 32.4 Å². The fraction of sp³-hybridized carbons (Fsp3) is 0.421. The Morgan fingerprint density at radius 2 is 2.00 bits per heavy atom. The fourth-order valence-corrected chi connectivity index (χ4v) is 5.06. The van der Waals surface area contributed by atoms with Crippen LogP contribution in [0.5, 0.6) is 0 Å². The molecule has 1 unspecified atom stereocenters. The Balaban J connectivity index is 1.52. The molecule has 1 atom stereocenters. The maximum atomic E-state index is 12.5. The summed E-state index contributed by atoms with van der Waals surface area (Å²) in [7, 11) is -3.33. The molecule has 2 aliphatic heterocycles. The third-order valence-corrected chi connectivity index (χ3v) is 7.01. The van der Waals surface area contributed by atoms with Gasteiger partial charge in [0.25, 0.3) is 11.1 Å². The average molecular weight is 438 g/mol. The smallest absolute Gasteiger partial charge is 0.293 e. The molecule has 0 saturated carbocycles. The number of piperidine rings is 1.